The third-order valence-electron chi connectivity index (χ3n) is 6.59. The van der Waals surface area contributed by atoms with Crippen molar-refractivity contribution in [1.29, 1.82) is 0 Å². The van der Waals surface area contributed by atoms with E-state index in [0.717, 1.165) is 36.0 Å². The Bertz CT molecular complexity index is 1380. The summed E-state index contributed by atoms with van der Waals surface area (Å²) < 4.78 is 1.74. The molecule has 0 spiro atoms. The summed E-state index contributed by atoms with van der Waals surface area (Å²) >= 11 is 0. The van der Waals surface area contributed by atoms with Crippen LogP contribution in [0.5, 0.6) is 0 Å². The number of benzene rings is 2. The lowest BCUT2D eigenvalue weighted by Gasteiger charge is -2.15. The fourth-order valence-electron chi connectivity index (χ4n) is 4.66. The molecule has 0 bridgehead atoms. The van der Waals surface area contributed by atoms with Crippen LogP contribution >= 0.6 is 0 Å². The molecule has 0 radical (unpaired) electrons. The van der Waals surface area contributed by atoms with Crippen LogP contribution in [0.4, 0.5) is 0 Å². The molecule has 0 atom stereocenters. The maximum absolute atomic E-state index is 12.9. The van der Waals surface area contributed by atoms with Gasteiger partial charge in [0, 0.05) is 30.5 Å². The highest BCUT2D eigenvalue weighted by atomic mass is 16.3. The molecule has 0 saturated heterocycles. The third kappa shape index (κ3) is 5.44. The van der Waals surface area contributed by atoms with Crippen LogP contribution in [-0.2, 0) is 24.2 Å². The molecule has 6 heteroatoms. The van der Waals surface area contributed by atoms with Crippen molar-refractivity contribution in [2.45, 2.75) is 38.6 Å². The van der Waals surface area contributed by atoms with E-state index in [1.807, 2.05) is 30.3 Å². The highest BCUT2D eigenvalue weighted by molar-refractivity contribution is 6.04. The standard InChI is InChI=1S/C30H29N3O3/c34-13-5-4-6-21-9-10-23-15-25(16-24(23)14-21)28-17-27(11-12-29(28)35)32-30(36)26-18-31-33(20-26)19-22-7-2-1-3-8-22/h1-3,7-11,14,16-18,20,34H,4-6,12-13,15,19H2,(H,32,36). The van der Waals surface area contributed by atoms with E-state index in [9.17, 15) is 9.59 Å². The minimum absolute atomic E-state index is 0.0610. The quantitative estimate of drug-likeness (QED) is 0.446. The van der Waals surface area contributed by atoms with E-state index in [2.05, 4.69) is 34.7 Å². The average molecular weight is 480 g/mol. The molecule has 1 aromatic heterocycles. The molecule has 5 rings (SSSR count). The van der Waals surface area contributed by atoms with Gasteiger partial charge in [-0.1, -0.05) is 60.7 Å². The first kappa shape index (κ1) is 23.7. The lowest BCUT2D eigenvalue weighted by Crippen LogP contribution is -2.24. The summed E-state index contributed by atoms with van der Waals surface area (Å²) in [6.07, 6.45) is 12.6. The van der Waals surface area contributed by atoms with Crippen LogP contribution in [0.3, 0.4) is 0 Å². The zero-order valence-electron chi connectivity index (χ0n) is 20.1. The fourth-order valence-corrected chi connectivity index (χ4v) is 4.66. The van der Waals surface area contributed by atoms with Gasteiger partial charge in [-0.05, 0) is 59.6 Å². The van der Waals surface area contributed by atoms with Gasteiger partial charge in [0.05, 0.1) is 18.3 Å². The Morgan fingerprint density at radius 1 is 1.06 bits per heavy atom. The van der Waals surface area contributed by atoms with E-state index in [-0.39, 0.29) is 24.7 Å². The predicted molar refractivity (Wildman–Crippen MR) is 139 cm³/mol. The largest absolute Gasteiger partial charge is 0.396 e. The first-order valence-electron chi connectivity index (χ1n) is 12.4. The number of aromatic nitrogens is 2. The summed E-state index contributed by atoms with van der Waals surface area (Å²) in [6.45, 7) is 0.806. The molecule has 2 aliphatic carbocycles. The average Bonchev–Trinajstić information content (AvgIpc) is 3.53. The number of carbonyl (C=O) groups excluding carboxylic acids is 2. The number of aliphatic hydroxyl groups is 1. The number of amides is 1. The molecule has 0 saturated carbocycles. The number of Topliss-reactive ketones (excluding diaryl/α,β-unsaturated/α-hetero) is 1. The maximum atomic E-state index is 12.9. The molecule has 0 fully saturated rings. The minimum atomic E-state index is -0.248. The Balaban J connectivity index is 1.26. The van der Waals surface area contributed by atoms with Crippen LogP contribution in [-0.4, -0.2) is 33.2 Å². The highest BCUT2D eigenvalue weighted by Gasteiger charge is 2.23. The molecule has 1 amide bonds. The molecular formula is C30H29N3O3. The summed E-state index contributed by atoms with van der Waals surface area (Å²) in [6, 6.07) is 16.4. The smallest absolute Gasteiger partial charge is 0.258 e. The first-order chi connectivity index (χ1) is 17.6. The minimum Gasteiger partial charge on any atom is -0.396 e. The number of rotatable bonds is 9. The second-order valence-corrected chi connectivity index (χ2v) is 9.27. The van der Waals surface area contributed by atoms with Crippen molar-refractivity contribution in [3.8, 4) is 0 Å². The van der Waals surface area contributed by atoms with Gasteiger partial charge in [0.15, 0.2) is 5.78 Å². The van der Waals surface area contributed by atoms with Crippen molar-refractivity contribution in [2.24, 2.45) is 0 Å². The Hall–Kier alpha value is -4.03. The summed E-state index contributed by atoms with van der Waals surface area (Å²) in [5.41, 5.74) is 7.44. The van der Waals surface area contributed by atoms with Crippen LogP contribution in [0.25, 0.3) is 6.08 Å². The molecular weight excluding hydrogens is 450 g/mol. The number of allylic oxidation sites excluding steroid dienone is 4. The summed E-state index contributed by atoms with van der Waals surface area (Å²) in [7, 11) is 0. The SMILES string of the molecule is O=C1CC=C(NC(=O)c2cnn(Cc3ccccc3)c2)C=C1C1=Cc2cc(CCCCO)ccc2C1. The molecule has 182 valence electrons. The van der Waals surface area contributed by atoms with Gasteiger partial charge in [-0.25, -0.2) is 0 Å². The molecule has 2 aliphatic rings. The Kier molecular flexibility index (Phi) is 7.05. The number of hydrogen-bond donors (Lipinski definition) is 2. The summed E-state index contributed by atoms with van der Waals surface area (Å²) in [4.78, 5) is 25.6. The molecule has 2 N–H and O–H groups in total. The van der Waals surface area contributed by atoms with Crippen molar-refractivity contribution in [2.75, 3.05) is 6.61 Å². The number of unbranched alkanes of at least 4 members (excludes halogenated alkanes) is 1. The van der Waals surface area contributed by atoms with Gasteiger partial charge >= 0.3 is 0 Å². The van der Waals surface area contributed by atoms with E-state index < -0.39 is 0 Å². The van der Waals surface area contributed by atoms with Gasteiger partial charge < -0.3 is 10.4 Å². The number of aryl methyl sites for hydroxylation is 1. The van der Waals surface area contributed by atoms with E-state index in [1.165, 1.54) is 11.1 Å². The Labute approximate surface area is 210 Å². The molecule has 3 aromatic rings. The number of nitrogens with one attached hydrogen (secondary N) is 1. The van der Waals surface area contributed by atoms with Gasteiger partial charge in [0.25, 0.3) is 5.91 Å². The number of hydrogen-bond acceptors (Lipinski definition) is 4. The van der Waals surface area contributed by atoms with E-state index in [0.29, 0.717) is 29.8 Å². The van der Waals surface area contributed by atoms with Crippen LogP contribution in [0.15, 0.2) is 89.9 Å². The summed E-state index contributed by atoms with van der Waals surface area (Å²) in [5, 5.41) is 16.3. The molecule has 0 aliphatic heterocycles. The van der Waals surface area contributed by atoms with Crippen LogP contribution < -0.4 is 5.32 Å². The van der Waals surface area contributed by atoms with Crippen LogP contribution in [0, 0.1) is 0 Å². The molecule has 6 nitrogen and oxygen atoms in total. The van der Waals surface area contributed by atoms with Crippen molar-refractivity contribution in [3.05, 3.63) is 118 Å². The van der Waals surface area contributed by atoms with Crippen LogP contribution in [0.2, 0.25) is 0 Å². The number of nitrogens with zero attached hydrogens (tertiary/aromatic N) is 2. The molecule has 0 unspecified atom stereocenters. The molecule has 2 aromatic carbocycles. The van der Waals surface area contributed by atoms with Gasteiger partial charge in [0.1, 0.15) is 0 Å². The summed E-state index contributed by atoms with van der Waals surface area (Å²) in [5.74, 6) is -0.187. The van der Waals surface area contributed by atoms with Crippen molar-refractivity contribution in [1.82, 2.24) is 15.1 Å². The third-order valence-corrected chi connectivity index (χ3v) is 6.59. The molecule has 1 heterocycles. The second-order valence-electron chi connectivity index (χ2n) is 9.27. The van der Waals surface area contributed by atoms with Gasteiger partial charge in [0.2, 0.25) is 0 Å². The number of fused-ring (bicyclic) bond motifs is 1. The first-order valence-corrected chi connectivity index (χ1v) is 12.4. The maximum Gasteiger partial charge on any atom is 0.258 e. The zero-order valence-corrected chi connectivity index (χ0v) is 20.1. The number of carbonyl (C=O) groups is 2. The number of ketones is 1. The Morgan fingerprint density at radius 2 is 1.92 bits per heavy atom. The van der Waals surface area contributed by atoms with E-state index >= 15 is 0 Å². The van der Waals surface area contributed by atoms with E-state index in [4.69, 9.17) is 5.11 Å². The lowest BCUT2D eigenvalue weighted by atomic mass is 9.93. The van der Waals surface area contributed by atoms with Crippen LogP contribution in [0.1, 0.15) is 51.9 Å². The van der Waals surface area contributed by atoms with Crippen molar-refractivity contribution >= 4 is 17.8 Å². The highest BCUT2D eigenvalue weighted by Crippen LogP contribution is 2.33. The molecule has 36 heavy (non-hydrogen) atoms. The monoisotopic (exact) mass is 479 g/mol. The van der Waals surface area contributed by atoms with Crippen molar-refractivity contribution in [3.63, 3.8) is 0 Å². The topological polar surface area (TPSA) is 84.2 Å². The number of aliphatic hydroxyl groups excluding tert-OH is 1. The Morgan fingerprint density at radius 3 is 2.75 bits per heavy atom. The van der Waals surface area contributed by atoms with Crippen molar-refractivity contribution < 1.29 is 14.7 Å². The lowest BCUT2D eigenvalue weighted by molar-refractivity contribution is -0.114. The van der Waals surface area contributed by atoms with Gasteiger partial charge in [-0.2, -0.15) is 5.10 Å². The normalized spacial score (nSPS) is 14.7. The fraction of sp³-hybridized carbons (Fsp3) is 0.233. The van der Waals surface area contributed by atoms with Gasteiger partial charge in [-0.3, -0.25) is 14.3 Å². The van der Waals surface area contributed by atoms with Gasteiger partial charge in [-0.15, -0.1) is 0 Å². The van der Waals surface area contributed by atoms with E-state index in [1.54, 1.807) is 29.2 Å². The second kappa shape index (κ2) is 10.7. The predicted octanol–water partition coefficient (Wildman–Crippen LogP) is 4.40. The zero-order chi connectivity index (χ0) is 24.9.